The summed E-state index contributed by atoms with van der Waals surface area (Å²) in [5, 5.41) is 0. The maximum absolute atomic E-state index is 12.2. The summed E-state index contributed by atoms with van der Waals surface area (Å²) >= 11 is 0. The van der Waals surface area contributed by atoms with Crippen LogP contribution in [-0.4, -0.2) is 43.3 Å². The Morgan fingerprint density at radius 1 is 1.47 bits per heavy atom. The minimum Gasteiger partial charge on any atom is -0.327 e. The van der Waals surface area contributed by atoms with Crippen LogP contribution in [0.15, 0.2) is 0 Å². The number of terminal acetylenes is 1. The molecule has 4 nitrogen and oxygen atoms in total. The first-order valence-corrected chi connectivity index (χ1v) is 7.44. The largest absolute Gasteiger partial charge is 0.327 e. The Hall–Kier alpha value is -1.02. The lowest BCUT2D eigenvalue weighted by molar-refractivity contribution is -0.140. The van der Waals surface area contributed by atoms with Gasteiger partial charge in [-0.25, -0.2) is 8.42 Å². The second-order valence-corrected chi connectivity index (χ2v) is 7.67. The lowest BCUT2D eigenvalue weighted by atomic mass is 9.93. The third-order valence-electron chi connectivity index (χ3n) is 2.81. The number of amides is 1. The highest BCUT2D eigenvalue weighted by Gasteiger charge is 2.37. The summed E-state index contributed by atoms with van der Waals surface area (Å²) in [4.78, 5) is 13.7. The fourth-order valence-corrected chi connectivity index (χ4v) is 3.65. The SMILES string of the molecule is C#CCN(C(=O)C(C)(C)C)C1CCS(=O)(=O)C1. The van der Waals surface area contributed by atoms with Crippen molar-refractivity contribution in [3.63, 3.8) is 0 Å². The number of hydrogen-bond acceptors (Lipinski definition) is 3. The molecule has 0 spiro atoms. The van der Waals surface area contributed by atoms with Crippen molar-refractivity contribution in [2.24, 2.45) is 5.41 Å². The van der Waals surface area contributed by atoms with Crippen molar-refractivity contribution in [3.05, 3.63) is 0 Å². The fourth-order valence-electron chi connectivity index (χ4n) is 1.92. The van der Waals surface area contributed by atoms with E-state index in [9.17, 15) is 13.2 Å². The van der Waals surface area contributed by atoms with Crippen LogP contribution in [0.25, 0.3) is 0 Å². The summed E-state index contributed by atoms with van der Waals surface area (Å²) in [6.07, 6.45) is 5.74. The first-order chi connectivity index (χ1) is 7.67. The van der Waals surface area contributed by atoms with Gasteiger partial charge < -0.3 is 4.90 Å². The molecule has 1 fully saturated rings. The summed E-state index contributed by atoms with van der Waals surface area (Å²) < 4.78 is 22.9. The smallest absolute Gasteiger partial charge is 0.229 e. The molecule has 0 aromatic heterocycles. The summed E-state index contributed by atoms with van der Waals surface area (Å²) in [7, 11) is -3.00. The van der Waals surface area contributed by atoms with Crippen LogP contribution in [0, 0.1) is 17.8 Å². The molecule has 0 radical (unpaired) electrons. The zero-order chi connectivity index (χ0) is 13.3. The van der Waals surface area contributed by atoms with Crippen LogP contribution in [0.1, 0.15) is 27.2 Å². The van der Waals surface area contributed by atoms with Crippen LogP contribution in [0.5, 0.6) is 0 Å². The van der Waals surface area contributed by atoms with E-state index < -0.39 is 15.3 Å². The van der Waals surface area contributed by atoms with Crippen molar-refractivity contribution in [2.75, 3.05) is 18.1 Å². The van der Waals surface area contributed by atoms with Gasteiger partial charge in [0.1, 0.15) is 0 Å². The summed E-state index contributed by atoms with van der Waals surface area (Å²) in [6.45, 7) is 5.60. The normalized spacial score (nSPS) is 23.1. The Bertz CT molecular complexity index is 439. The van der Waals surface area contributed by atoms with E-state index in [2.05, 4.69) is 5.92 Å². The number of carbonyl (C=O) groups excluding carboxylic acids is 1. The Morgan fingerprint density at radius 2 is 2.06 bits per heavy atom. The molecule has 1 atom stereocenters. The second kappa shape index (κ2) is 4.69. The maximum atomic E-state index is 12.2. The lowest BCUT2D eigenvalue weighted by Gasteiger charge is -2.32. The highest BCUT2D eigenvalue weighted by atomic mass is 32.2. The van der Waals surface area contributed by atoms with Gasteiger partial charge in [0.05, 0.1) is 18.1 Å². The van der Waals surface area contributed by atoms with E-state index in [-0.39, 0.29) is 30.0 Å². The van der Waals surface area contributed by atoms with Gasteiger partial charge in [-0.15, -0.1) is 6.42 Å². The molecule has 1 rings (SSSR count). The molecule has 0 bridgehead atoms. The van der Waals surface area contributed by atoms with Crippen molar-refractivity contribution < 1.29 is 13.2 Å². The molecule has 1 aliphatic rings. The molecule has 0 saturated carbocycles. The van der Waals surface area contributed by atoms with Crippen molar-refractivity contribution in [2.45, 2.75) is 33.2 Å². The zero-order valence-electron chi connectivity index (χ0n) is 10.6. The average Bonchev–Trinajstić information content (AvgIpc) is 2.52. The van der Waals surface area contributed by atoms with Crippen molar-refractivity contribution in [1.82, 2.24) is 4.90 Å². The Balaban J connectivity index is 2.89. The summed E-state index contributed by atoms with van der Waals surface area (Å²) in [5.74, 6) is 2.54. The summed E-state index contributed by atoms with van der Waals surface area (Å²) in [5.41, 5.74) is -0.538. The van der Waals surface area contributed by atoms with Gasteiger partial charge in [-0.3, -0.25) is 4.79 Å². The van der Waals surface area contributed by atoms with Gasteiger partial charge in [0.25, 0.3) is 0 Å². The van der Waals surface area contributed by atoms with Gasteiger partial charge >= 0.3 is 0 Å². The Morgan fingerprint density at radius 3 is 2.41 bits per heavy atom. The topological polar surface area (TPSA) is 54.5 Å². The molecule has 96 valence electrons. The number of carbonyl (C=O) groups is 1. The molecule has 0 aliphatic carbocycles. The van der Waals surface area contributed by atoms with E-state index in [1.807, 2.05) is 20.8 Å². The van der Waals surface area contributed by atoms with Gasteiger partial charge in [-0.1, -0.05) is 26.7 Å². The minimum absolute atomic E-state index is 0.0382. The second-order valence-electron chi connectivity index (χ2n) is 5.44. The zero-order valence-corrected chi connectivity index (χ0v) is 11.4. The first-order valence-electron chi connectivity index (χ1n) is 5.62. The molecule has 17 heavy (non-hydrogen) atoms. The highest BCUT2D eigenvalue weighted by molar-refractivity contribution is 7.91. The van der Waals surface area contributed by atoms with Gasteiger partial charge in [0.2, 0.25) is 5.91 Å². The van der Waals surface area contributed by atoms with Crippen LogP contribution in [0.4, 0.5) is 0 Å². The monoisotopic (exact) mass is 257 g/mol. The van der Waals surface area contributed by atoms with Crippen LogP contribution >= 0.6 is 0 Å². The van der Waals surface area contributed by atoms with Crippen LogP contribution < -0.4 is 0 Å². The third kappa shape index (κ3) is 3.47. The van der Waals surface area contributed by atoms with Crippen molar-refractivity contribution >= 4 is 15.7 Å². The molecule has 1 heterocycles. The standard InChI is InChI=1S/C12H19NO3S/c1-5-7-13(11(14)12(2,3)4)10-6-8-17(15,16)9-10/h1,10H,6-9H2,2-4H3. The van der Waals surface area contributed by atoms with Crippen LogP contribution in [0.2, 0.25) is 0 Å². The quantitative estimate of drug-likeness (QED) is 0.684. The number of sulfone groups is 1. The number of rotatable bonds is 2. The van der Waals surface area contributed by atoms with Gasteiger partial charge in [-0.2, -0.15) is 0 Å². The fraction of sp³-hybridized carbons (Fsp3) is 0.750. The van der Waals surface area contributed by atoms with Gasteiger partial charge in [0, 0.05) is 11.5 Å². The molecule has 1 aliphatic heterocycles. The number of hydrogen-bond donors (Lipinski definition) is 0. The van der Waals surface area contributed by atoms with E-state index in [0.717, 1.165) is 0 Å². The number of nitrogens with zero attached hydrogens (tertiary/aromatic N) is 1. The van der Waals surface area contributed by atoms with Gasteiger partial charge in [-0.05, 0) is 6.42 Å². The van der Waals surface area contributed by atoms with E-state index in [4.69, 9.17) is 6.42 Å². The van der Waals surface area contributed by atoms with E-state index in [1.165, 1.54) is 4.90 Å². The molecular formula is C12H19NO3S. The first kappa shape index (κ1) is 14.0. The maximum Gasteiger partial charge on any atom is 0.229 e. The molecule has 1 saturated heterocycles. The van der Waals surface area contributed by atoms with E-state index in [0.29, 0.717) is 6.42 Å². The highest BCUT2D eigenvalue weighted by Crippen LogP contribution is 2.24. The lowest BCUT2D eigenvalue weighted by Crippen LogP contribution is -2.46. The Labute approximate surface area is 103 Å². The molecule has 1 amide bonds. The molecule has 0 N–H and O–H groups in total. The van der Waals surface area contributed by atoms with E-state index in [1.54, 1.807) is 0 Å². The summed E-state index contributed by atoms with van der Waals surface area (Å²) in [6, 6.07) is -0.261. The predicted octanol–water partition coefficient (Wildman–Crippen LogP) is 0.681. The molecular weight excluding hydrogens is 238 g/mol. The van der Waals surface area contributed by atoms with Crippen LogP contribution in [0.3, 0.4) is 0 Å². The molecule has 1 unspecified atom stereocenters. The third-order valence-corrected chi connectivity index (χ3v) is 4.56. The molecule has 0 aromatic carbocycles. The average molecular weight is 257 g/mol. The van der Waals surface area contributed by atoms with Crippen LogP contribution in [-0.2, 0) is 14.6 Å². The minimum atomic E-state index is -3.00. The van der Waals surface area contributed by atoms with E-state index >= 15 is 0 Å². The van der Waals surface area contributed by atoms with Crippen molar-refractivity contribution in [1.29, 1.82) is 0 Å². The van der Waals surface area contributed by atoms with Crippen molar-refractivity contribution in [3.8, 4) is 12.3 Å². The molecule has 5 heteroatoms. The molecule has 0 aromatic rings. The van der Waals surface area contributed by atoms with Gasteiger partial charge in [0.15, 0.2) is 9.84 Å². The predicted molar refractivity (Wildman–Crippen MR) is 67.1 cm³/mol. The Kier molecular flexibility index (Phi) is 3.88.